The smallest absolute Gasteiger partial charge is 0.230 e. The molecule has 1 amide bonds. The van der Waals surface area contributed by atoms with Gasteiger partial charge < -0.3 is 11.1 Å². The van der Waals surface area contributed by atoms with Gasteiger partial charge in [0.05, 0.1) is 11.1 Å². The second-order valence-electron chi connectivity index (χ2n) is 6.66. The zero-order chi connectivity index (χ0) is 18.6. The first-order valence-electron chi connectivity index (χ1n) is 9.22. The Labute approximate surface area is 166 Å². The van der Waals surface area contributed by atoms with E-state index >= 15 is 0 Å². The van der Waals surface area contributed by atoms with E-state index in [0.717, 1.165) is 29.5 Å². The van der Waals surface area contributed by atoms with Crippen molar-refractivity contribution in [2.24, 2.45) is 0 Å². The van der Waals surface area contributed by atoms with E-state index < -0.39 is 0 Å². The summed E-state index contributed by atoms with van der Waals surface area (Å²) in [5.74, 6) is 0.834. The van der Waals surface area contributed by atoms with Gasteiger partial charge in [-0.2, -0.15) is 0 Å². The first-order valence-corrected chi connectivity index (χ1v) is 11.0. The van der Waals surface area contributed by atoms with Crippen LogP contribution in [-0.4, -0.2) is 28.2 Å². The zero-order valence-electron chi connectivity index (χ0n) is 15.0. The SMILES string of the molecule is Nc1nc(SCC(=O)NCCc2ccccc2)nc2sc3c(c12)CCCC3. The summed E-state index contributed by atoms with van der Waals surface area (Å²) >= 11 is 3.07. The Morgan fingerprint density at radius 3 is 2.85 bits per heavy atom. The van der Waals surface area contributed by atoms with Crippen LogP contribution >= 0.6 is 23.1 Å². The van der Waals surface area contributed by atoms with E-state index in [4.69, 9.17) is 5.73 Å². The summed E-state index contributed by atoms with van der Waals surface area (Å²) in [4.78, 5) is 23.5. The summed E-state index contributed by atoms with van der Waals surface area (Å²) in [6.07, 6.45) is 5.45. The number of fused-ring (bicyclic) bond motifs is 3. The molecule has 2 aromatic heterocycles. The number of hydrogen-bond acceptors (Lipinski definition) is 6. The van der Waals surface area contributed by atoms with E-state index in [9.17, 15) is 4.79 Å². The van der Waals surface area contributed by atoms with Crippen molar-refractivity contribution < 1.29 is 4.79 Å². The highest BCUT2D eigenvalue weighted by Crippen LogP contribution is 2.38. The molecule has 0 bridgehead atoms. The maximum absolute atomic E-state index is 12.1. The van der Waals surface area contributed by atoms with Gasteiger partial charge in [0.1, 0.15) is 10.6 Å². The molecular formula is C20H22N4OS2. The molecule has 0 radical (unpaired) electrons. The number of thiophene rings is 1. The standard InChI is InChI=1S/C20H22N4OS2/c21-18-17-14-8-4-5-9-15(14)27-19(17)24-20(23-18)26-12-16(25)22-11-10-13-6-2-1-3-7-13/h1-3,6-7H,4-5,8-12H2,(H,22,25)(H2,21,23,24). The maximum Gasteiger partial charge on any atom is 0.230 e. The van der Waals surface area contributed by atoms with Gasteiger partial charge in [-0.1, -0.05) is 42.1 Å². The van der Waals surface area contributed by atoms with Crippen LogP contribution < -0.4 is 11.1 Å². The fourth-order valence-corrected chi connectivity index (χ4v) is 5.41. The number of benzene rings is 1. The summed E-state index contributed by atoms with van der Waals surface area (Å²) in [7, 11) is 0. The second kappa shape index (κ2) is 8.27. The van der Waals surface area contributed by atoms with Gasteiger partial charge in [-0.3, -0.25) is 4.79 Å². The predicted octanol–water partition coefficient (Wildman–Crippen LogP) is 3.60. The van der Waals surface area contributed by atoms with Crippen LogP contribution in [0, 0.1) is 0 Å². The summed E-state index contributed by atoms with van der Waals surface area (Å²) in [6.45, 7) is 0.628. The molecule has 0 saturated carbocycles. The Balaban J connectivity index is 1.35. The van der Waals surface area contributed by atoms with Crippen LogP contribution in [-0.2, 0) is 24.1 Å². The van der Waals surface area contributed by atoms with Crippen molar-refractivity contribution in [3.8, 4) is 0 Å². The molecule has 0 atom stereocenters. The van der Waals surface area contributed by atoms with Crippen molar-refractivity contribution >= 4 is 45.0 Å². The molecule has 3 aromatic rings. The maximum atomic E-state index is 12.1. The molecule has 0 aliphatic heterocycles. The molecule has 0 saturated heterocycles. The number of hydrogen-bond donors (Lipinski definition) is 2. The number of nitrogens with one attached hydrogen (secondary N) is 1. The van der Waals surface area contributed by atoms with Gasteiger partial charge in [0.15, 0.2) is 5.16 Å². The number of aryl methyl sites for hydroxylation is 2. The van der Waals surface area contributed by atoms with Crippen LogP contribution in [0.3, 0.4) is 0 Å². The number of carbonyl (C=O) groups is 1. The molecule has 0 fully saturated rings. The highest BCUT2D eigenvalue weighted by atomic mass is 32.2. The van der Waals surface area contributed by atoms with E-state index in [0.29, 0.717) is 23.3 Å². The number of nitrogen functional groups attached to an aromatic ring is 1. The first-order chi connectivity index (χ1) is 13.2. The molecule has 27 heavy (non-hydrogen) atoms. The molecule has 1 aliphatic rings. The minimum absolute atomic E-state index is 0.0105. The van der Waals surface area contributed by atoms with Crippen LogP contribution in [0.2, 0.25) is 0 Å². The lowest BCUT2D eigenvalue weighted by atomic mass is 9.97. The highest BCUT2D eigenvalue weighted by molar-refractivity contribution is 7.99. The minimum atomic E-state index is -0.0105. The van der Waals surface area contributed by atoms with Gasteiger partial charge in [-0.05, 0) is 43.2 Å². The Morgan fingerprint density at radius 1 is 1.19 bits per heavy atom. The fraction of sp³-hybridized carbons (Fsp3) is 0.350. The minimum Gasteiger partial charge on any atom is -0.383 e. The first kappa shape index (κ1) is 18.3. The Kier molecular flexibility index (Phi) is 5.59. The van der Waals surface area contributed by atoms with Crippen LogP contribution in [0.5, 0.6) is 0 Å². The van der Waals surface area contributed by atoms with Gasteiger partial charge in [0.2, 0.25) is 5.91 Å². The molecule has 3 N–H and O–H groups in total. The van der Waals surface area contributed by atoms with Crippen molar-refractivity contribution in [3.05, 3.63) is 46.3 Å². The number of nitrogens with two attached hydrogens (primary N) is 1. The molecule has 1 aromatic carbocycles. The van der Waals surface area contributed by atoms with E-state index in [1.54, 1.807) is 11.3 Å². The fourth-order valence-electron chi connectivity index (χ4n) is 3.40. The Hall–Kier alpha value is -2.12. The number of rotatable bonds is 6. The van der Waals surface area contributed by atoms with Crippen molar-refractivity contribution in [2.45, 2.75) is 37.3 Å². The van der Waals surface area contributed by atoms with Crippen LogP contribution in [0.4, 0.5) is 5.82 Å². The van der Waals surface area contributed by atoms with Crippen molar-refractivity contribution in [3.63, 3.8) is 0 Å². The van der Waals surface area contributed by atoms with Gasteiger partial charge >= 0.3 is 0 Å². The molecule has 1 aliphatic carbocycles. The third-order valence-electron chi connectivity index (χ3n) is 4.73. The van der Waals surface area contributed by atoms with Crippen molar-refractivity contribution in [2.75, 3.05) is 18.0 Å². The molecule has 140 valence electrons. The molecule has 5 nitrogen and oxygen atoms in total. The predicted molar refractivity (Wildman–Crippen MR) is 112 cm³/mol. The lowest BCUT2D eigenvalue weighted by molar-refractivity contribution is -0.118. The van der Waals surface area contributed by atoms with Gasteiger partial charge in [-0.25, -0.2) is 9.97 Å². The molecule has 0 spiro atoms. The quantitative estimate of drug-likeness (QED) is 0.490. The van der Waals surface area contributed by atoms with Crippen molar-refractivity contribution in [1.29, 1.82) is 0 Å². The molecular weight excluding hydrogens is 376 g/mol. The number of anilines is 1. The molecule has 7 heteroatoms. The van der Waals surface area contributed by atoms with Gasteiger partial charge in [0, 0.05) is 11.4 Å². The molecule has 4 rings (SSSR count). The highest BCUT2D eigenvalue weighted by Gasteiger charge is 2.20. The van der Waals surface area contributed by atoms with Crippen molar-refractivity contribution in [1.82, 2.24) is 15.3 Å². The lowest BCUT2D eigenvalue weighted by Crippen LogP contribution is -2.27. The second-order valence-corrected chi connectivity index (χ2v) is 8.68. The number of carbonyl (C=O) groups excluding carboxylic acids is 1. The topological polar surface area (TPSA) is 80.9 Å². The molecule has 0 unspecified atom stereocenters. The van der Waals surface area contributed by atoms with Gasteiger partial charge in [0.25, 0.3) is 0 Å². The number of nitrogens with zero attached hydrogens (tertiary/aromatic N) is 2. The monoisotopic (exact) mass is 398 g/mol. The number of amides is 1. The summed E-state index contributed by atoms with van der Waals surface area (Å²) in [5, 5.41) is 4.56. The van der Waals surface area contributed by atoms with Crippen LogP contribution in [0.15, 0.2) is 35.5 Å². The largest absolute Gasteiger partial charge is 0.383 e. The third kappa shape index (κ3) is 4.25. The normalized spacial score (nSPS) is 13.5. The average Bonchev–Trinajstić information content (AvgIpc) is 3.06. The van der Waals surface area contributed by atoms with E-state index in [2.05, 4.69) is 27.4 Å². The van der Waals surface area contributed by atoms with E-state index in [1.807, 2.05) is 18.2 Å². The number of thioether (sulfide) groups is 1. The summed E-state index contributed by atoms with van der Waals surface area (Å²) in [6, 6.07) is 10.1. The van der Waals surface area contributed by atoms with E-state index in [-0.39, 0.29) is 5.91 Å². The average molecular weight is 399 g/mol. The Bertz CT molecular complexity index is 956. The van der Waals surface area contributed by atoms with Gasteiger partial charge in [-0.15, -0.1) is 11.3 Å². The third-order valence-corrected chi connectivity index (χ3v) is 6.77. The summed E-state index contributed by atoms with van der Waals surface area (Å²) in [5.41, 5.74) is 8.78. The molecule has 2 heterocycles. The van der Waals surface area contributed by atoms with Crippen LogP contribution in [0.1, 0.15) is 28.8 Å². The number of aromatic nitrogens is 2. The zero-order valence-corrected chi connectivity index (χ0v) is 16.7. The Morgan fingerprint density at radius 2 is 2.00 bits per heavy atom. The van der Waals surface area contributed by atoms with Crippen LogP contribution in [0.25, 0.3) is 10.2 Å². The lowest BCUT2D eigenvalue weighted by Gasteiger charge is -2.10. The van der Waals surface area contributed by atoms with E-state index in [1.165, 1.54) is 40.6 Å². The summed E-state index contributed by atoms with van der Waals surface area (Å²) < 4.78 is 0.